The molecule has 1 saturated heterocycles. The van der Waals surface area contributed by atoms with Gasteiger partial charge in [-0.25, -0.2) is 0 Å². The molecule has 1 fully saturated rings. The van der Waals surface area contributed by atoms with Crippen LogP contribution in [-0.4, -0.2) is 30.6 Å². The molecule has 0 radical (unpaired) electrons. The van der Waals surface area contributed by atoms with Crippen LogP contribution in [0.1, 0.15) is 18.9 Å². The molecule has 0 unspecified atom stereocenters. The van der Waals surface area contributed by atoms with Gasteiger partial charge in [0.1, 0.15) is 17.1 Å². The Hall–Kier alpha value is -3.19. The van der Waals surface area contributed by atoms with E-state index >= 15 is 0 Å². The number of ether oxygens (including phenoxy) is 2. The number of nitrogens with one attached hydrogen (secondary N) is 1. The van der Waals surface area contributed by atoms with Crippen molar-refractivity contribution in [1.29, 1.82) is 0 Å². The van der Waals surface area contributed by atoms with E-state index in [1.54, 1.807) is 49.6 Å². The van der Waals surface area contributed by atoms with E-state index in [9.17, 15) is 9.59 Å². The van der Waals surface area contributed by atoms with Crippen molar-refractivity contribution in [1.82, 2.24) is 5.32 Å². The zero-order valence-electron chi connectivity index (χ0n) is 15.6. The maximum Gasteiger partial charge on any atom is 0.270 e. The molecule has 2 aromatic carbocycles. The zero-order chi connectivity index (χ0) is 20.1. The summed E-state index contributed by atoms with van der Waals surface area (Å²) < 4.78 is 11.0. The van der Waals surface area contributed by atoms with Crippen molar-refractivity contribution in [3.05, 3.63) is 59.7 Å². The number of nitrogens with zero attached hydrogens (tertiary/aromatic N) is 1. The summed E-state index contributed by atoms with van der Waals surface area (Å²) in [5.74, 6) is 0.130. The molecule has 0 atom stereocenters. The molecule has 0 bridgehead atoms. The Morgan fingerprint density at radius 1 is 1.14 bits per heavy atom. The molecule has 6 nitrogen and oxygen atoms in total. The van der Waals surface area contributed by atoms with E-state index in [-0.39, 0.29) is 10.7 Å². The van der Waals surface area contributed by atoms with Crippen LogP contribution in [0.2, 0.25) is 0 Å². The third-order valence-corrected chi connectivity index (χ3v) is 4.38. The number of anilines is 1. The molecule has 0 aromatic heterocycles. The third kappa shape index (κ3) is 4.04. The van der Waals surface area contributed by atoms with E-state index < -0.39 is 11.8 Å². The first-order valence-corrected chi connectivity index (χ1v) is 9.23. The number of hydrogen-bond acceptors (Lipinski definition) is 5. The summed E-state index contributed by atoms with van der Waals surface area (Å²) >= 11 is 5.20. The van der Waals surface area contributed by atoms with Gasteiger partial charge in [0.15, 0.2) is 5.11 Å². The van der Waals surface area contributed by atoms with Gasteiger partial charge >= 0.3 is 0 Å². The summed E-state index contributed by atoms with van der Waals surface area (Å²) in [6, 6.07) is 14.2. The first-order chi connectivity index (χ1) is 13.5. The maximum atomic E-state index is 13.0. The van der Waals surface area contributed by atoms with Gasteiger partial charge in [-0.1, -0.05) is 25.1 Å². The number of rotatable bonds is 6. The predicted octanol–water partition coefficient (Wildman–Crippen LogP) is 3.32. The van der Waals surface area contributed by atoms with Gasteiger partial charge in [0.05, 0.1) is 19.4 Å². The van der Waals surface area contributed by atoms with Gasteiger partial charge in [-0.05, 0) is 49.0 Å². The second-order valence-electron chi connectivity index (χ2n) is 6.05. The van der Waals surface area contributed by atoms with Crippen LogP contribution in [0, 0.1) is 0 Å². The van der Waals surface area contributed by atoms with Crippen LogP contribution >= 0.6 is 12.2 Å². The van der Waals surface area contributed by atoms with Gasteiger partial charge in [-0.3, -0.25) is 19.8 Å². The highest BCUT2D eigenvalue weighted by Crippen LogP contribution is 2.29. The van der Waals surface area contributed by atoms with E-state index in [1.807, 2.05) is 13.0 Å². The minimum atomic E-state index is -0.542. The normalized spacial score (nSPS) is 15.6. The van der Waals surface area contributed by atoms with Crippen molar-refractivity contribution in [2.45, 2.75) is 13.3 Å². The summed E-state index contributed by atoms with van der Waals surface area (Å²) in [5, 5.41) is 2.63. The fourth-order valence-electron chi connectivity index (χ4n) is 2.72. The van der Waals surface area contributed by atoms with E-state index in [4.69, 9.17) is 21.7 Å². The predicted molar refractivity (Wildman–Crippen MR) is 111 cm³/mol. The van der Waals surface area contributed by atoms with E-state index in [0.717, 1.165) is 6.42 Å². The monoisotopic (exact) mass is 396 g/mol. The van der Waals surface area contributed by atoms with Crippen LogP contribution in [0.25, 0.3) is 6.08 Å². The van der Waals surface area contributed by atoms with Crippen molar-refractivity contribution in [2.75, 3.05) is 18.6 Å². The highest BCUT2D eigenvalue weighted by molar-refractivity contribution is 7.80. The van der Waals surface area contributed by atoms with Gasteiger partial charge in [0.25, 0.3) is 11.8 Å². The molecule has 28 heavy (non-hydrogen) atoms. The molecule has 0 spiro atoms. The lowest BCUT2D eigenvalue weighted by atomic mass is 10.1. The Bertz CT molecular complexity index is 941. The van der Waals surface area contributed by atoms with Gasteiger partial charge in [-0.15, -0.1) is 0 Å². The number of carbonyl (C=O) groups is 2. The van der Waals surface area contributed by atoms with Crippen LogP contribution in [0.5, 0.6) is 11.5 Å². The zero-order valence-corrected chi connectivity index (χ0v) is 16.4. The molecular formula is C21H20N2O4S. The van der Waals surface area contributed by atoms with Crippen molar-refractivity contribution in [3.8, 4) is 11.5 Å². The maximum absolute atomic E-state index is 13.0. The smallest absolute Gasteiger partial charge is 0.270 e. The number of benzene rings is 2. The molecule has 1 aliphatic heterocycles. The minimum Gasteiger partial charge on any atom is -0.497 e. The minimum absolute atomic E-state index is 0.0241. The van der Waals surface area contributed by atoms with E-state index in [0.29, 0.717) is 29.4 Å². The summed E-state index contributed by atoms with van der Waals surface area (Å²) in [4.78, 5) is 26.8. The third-order valence-electron chi connectivity index (χ3n) is 4.10. The van der Waals surface area contributed by atoms with Crippen LogP contribution in [0.3, 0.4) is 0 Å². The highest BCUT2D eigenvalue weighted by Gasteiger charge is 2.34. The second-order valence-corrected chi connectivity index (χ2v) is 6.43. The van der Waals surface area contributed by atoms with Crippen LogP contribution in [0.15, 0.2) is 54.1 Å². The average molecular weight is 396 g/mol. The molecule has 2 amide bonds. The van der Waals surface area contributed by atoms with Gasteiger partial charge in [-0.2, -0.15) is 0 Å². The SMILES string of the molecule is CCCOc1cc(OC)ccc1/C=C1/C(=O)NC(=S)N(c2ccccc2)C1=O. The Morgan fingerprint density at radius 3 is 2.57 bits per heavy atom. The molecule has 7 heteroatoms. The highest BCUT2D eigenvalue weighted by atomic mass is 32.1. The van der Waals surface area contributed by atoms with Crippen molar-refractivity contribution in [2.24, 2.45) is 0 Å². The molecule has 1 N–H and O–H groups in total. The Balaban J connectivity index is 2.01. The lowest BCUT2D eigenvalue weighted by Gasteiger charge is -2.29. The molecule has 2 aromatic rings. The molecule has 0 aliphatic carbocycles. The molecule has 1 aliphatic rings. The lowest BCUT2D eigenvalue weighted by molar-refractivity contribution is -0.122. The van der Waals surface area contributed by atoms with E-state index in [1.165, 1.54) is 11.0 Å². The number of carbonyl (C=O) groups excluding carboxylic acids is 2. The van der Waals surface area contributed by atoms with Crippen molar-refractivity contribution in [3.63, 3.8) is 0 Å². The quantitative estimate of drug-likeness (QED) is 0.461. The van der Waals surface area contributed by atoms with Crippen LogP contribution in [0.4, 0.5) is 5.69 Å². The standard InChI is InChI=1S/C21H20N2O4S/c1-3-11-27-18-13-16(26-2)10-9-14(18)12-17-19(24)22-21(28)23(20(17)25)15-7-5-4-6-8-15/h4-10,12-13H,3,11H2,1-2H3,(H,22,24,28)/b17-12-. The van der Waals surface area contributed by atoms with Crippen LogP contribution < -0.4 is 19.7 Å². The van der Waals surface area contributed by atoms with Crippen molar-refractivity contribution >= 4 is 40.9 Å². The van der Waals surface area contributed by atoms with Gasteiger partial charge in [0, 0.05) is 11.6 Å². The fourth-order valence-corrected chi connectivity index (χ4v) is 3.00. The average Bonchev–Trinajstić information content (AvgIpc) is 2.70. The number of para-hydroxylation sites is 1. The second kappa shape index (κ2) is 8.67. The molecule has 144 valence electrons. The largest absolute Gasteiger partial charge is 0.497 e. The topological polar surface area (TPSA) is 67.9 Å². The Morgan fingerprint density at radius 2 is 1.89 bits per heavy atom. The van der Waals surface area contributed by atoms with Gasteiger partial charge < -0.3 is 9.47 Å². The summed E-state index contributed by atoms with van der Waals surface area (Å²) in [6.45, 7) is 2.50. The first-order valence-electron chi connectivity index (χ1n) is 8.82. The van der Waals surface area contributed by atoms with Crippen LogP contribution in [-0.2, 0) is 9.59 Å². The lowest BCUT2D eigenvalue weighted by Crippen LogP contribution is -2.54. The number of hydrogen-bond donors (Lipinski definition) is 1. The Labute approximate surface area is 168 Å². The summed E-state index contributed by atoms with van der Waals surface area (Å²) in [5.41, 5.74) is 1.16. The first kappa shape index (κ1) is 19.6. The molecular weight excluding hydrogens is 376 g/mol. The number of thiocarbonyl (C=S) groups is 1. The van der Waals surface area contributed by atoms with Gasteiger partial charge in [0.2, 0.25) is 0 Å². The molecule has 3 rings (SSSR count). The summed E-state index contributed by atoms with van der Waals surface area (Å²) in [7, 11) is 1.56. The molecule has 0 saturated carbocycles. The summed E-state index contributed by atoms with van der Waals surface area (Å²) in [6.07, 6.45) is 2.34. The number of methoxy groups -OCH3 is 1. The van der Waals surface area contributed by atoms with E-state index in [2.05, 4.69) is 5.32 Å². The number of amides is 2. The molecule has 1 heterocycles. The van der Waals surface area contributed by atoms with Crippen molar-refractivity contribution < 1.29 is 19.1 Å². The Kier molecular flexibility index (Phi) is 6.06. The fraction of sp³-hybridized carbons (Fsp3) is 0.190.